The predicted octanol–water partition coefficient (Wildman–Crippen LogP) is 2.19. The molecule has 78 heavy (non-hydrogen) atoms. The summed E-state index contributed by atoms with van der Waals surface area (Å²) in [6, 6.07) is 54.1. The Morgan fingerprint density at radius 2 is 0.538 bits per heavy atom. The zero-order valence-electron chi connectivity index (χ0n) is 41.5. The molecule has 20 radical (unpaired) electrons. The van der Waals surface area contributed by atoms with Crippen molar-refractivity contribution in [1.82, 2.24) is 39.0 Å². The van der Waals surface area contributed by atoms with Crippen LogP contribution in [0.25, 0.3) is 123 Å². The topological polar surface area (TPSA) is 87.2 Å². The maximum Gasteiger partial charge on any atom is 0.166 e. The fourth-order valence-electron chi connectivity index (χ4n) is 10.5. The molecule has 0 amide bonds. The number of rotatable bonds is 8. The van der Waals surface area contributed by atoms with Gasteiger partial charge in [0.2, 0.25) is 0 Å². The van der Waals surface area contributed by atoms with Gasteiger partial charge in [-0.05, 0) is 41.1 Å². The van der Waals surface area contributed by atoms with E-state index >= 15 is 0 Å². The van der Waals surface area contributed by atoms with E-state index in [4.69, 9.17) is 108 Å². The summed E-state index contributed by atoms with van der Waals surface area (Å²) in [6.45, 7) is 0. The van der Waals surface area contributed by atoms with Crippen LogP contribution in [0.2, 0.25) is 0 Å². The van der Waals surface area contributed by atoms with Crippen LogP contribution in [0.15, 0.2) is 170 Å². The minimum Gasteiger partial charge on any atom is -0.308 e. The van der Waals surface area contributed by atoms with E-state index in [9.17, 15) is 0 Å². The minimum atomic E-state index is 0.0487. The Kier molecular flexibility index (Phi) is 11.9. The van der Waals surface area contributed by atoms with E-state index < -0.39 is 0 Å². The highest BCUT2D eigenvalue weighted by atomic mass is 15.1. The Bertz CT molecular complexity index is 4480. The molecule has 0 saturated heterocycles. The molecule has 4 heterocycles. The van der Waals surface area contributed by atoms with Gasteiger partial charge in [-0.25, -0.2) is 29.9 Å². The zero-order valence-corrected chi connectivity index (χ0v) is 41.5. The summed E-state index contributed by atoms with van der Waals surface area (Å²) in [5.41, 5.74) is 8.13. The molecule has 338 valence electrons. The van der Waals surface area contributed by atoms with E-state index in [1.165, 1.54) is 0 Å². The Morgan fingerprint density at radius 3 is 0.936 bits per heavy atom. The van der Waals surface area contributed by atoms with Crippen molar-refractivity contribution in [3.63, 3.8) is 0 Å². The fraction of sp³-hybridized carbons (Fsp3) is 0. The fourth-order valence-corrected chi connectivity index (χ4v) is 10.5. The first-order chi connectivity index (χ1) is 37.9. The molecule has 0 saturated carbocycles. The molecule has 0 atom stereocenters. The summed E-state index contributed by atoms with van der Waals surface area (Å²) in [5.74, 6) is 2.37. The van der Waals surface area contributed by atoms with Gasteiger partial charge in [0.05, 0.1) is 16.7 Å². The molecule has 9 aromatic carbocycles. The van der Waals surface area contributed by atoms with Crippen LogP contribution >= 0.6 is 0 Å². The number of benzene rings is 9. The summed E-state index contributed by atoms with van der Waals surface area (Å²) in [5, 5.41) is 1.64. The third kappa shape index (κ3) is 7.66. The predicted molar refractivity (Wildman–Crippen MR) is 328 cm³/mol. The van der Waals surface area contributed by atoms with Crippen LogP contribution in [-0.2, 0) is 0 Å². The van der Waals surface area contributed by atoms with Gasteiger partial charge in [-0.3, -0.25) is 0 Å². The largest absolute Gasteiger partial charge is 0.308 e. The summed E-state index contributed by atoms with van der Waals surface area (Å²) in [7, 11) is 70.2. The summed E-state index contributed by atoms with van der Waals surface area (Å²) in [6.07, 6.45) is 0. The van der Waals surface area contributed by atoms with Crippen LogP contribution < -0.4 is 54.6 Å². The van der Waals surface area contributed by atoms with Crippen molar-refractivity contribution in [2.24, 2.45) is 0 Å². The van der Waals surface area contributed by atoms with Gasteiger partial charge in [-0.15, -0.1) is 21.9 Å². The van der Waals surface area contributed by atoms with E-state index in [0.717, 1.165) is 22.3 Å². The maximum absolute atomic E-state index is 7.39. The average molecular weight is 969 g/mol. The smallest absolute Gasteiger partial charge is 0.166 e. The van der Waals surface area contributed by atoms with Crippen LogP contribution in [-0.4, -0.2) is 118 Å². The molecule has 0 fully saturated rings. The average Bonchev–Trinajstić information content (AvgIpc) is 4.12. The molecular formula is C60H28B10N8. The Labute approximate surface area is 462 Å². The van der Waals surface area contributed by atoms with Gasteiger partial charge in [0.1, 0.15) is 78.5 Å². The van der Waals surface area contributed by atoms with Crippen molar-refractivity contribution in [3.05, 3.63) is 170 Å². The maximum atomic E-state index is 7.39. The zero-order chi connectivity index (χ0) is 53.7. The number of hydrogen-bond donors (Lipinski definition) is 0. The number of hydrogen-bond acceptors (Lipinski definition) is 6. The van der Waals surface area contributed by atoms with Gasteiger partial charge in [0.25, 0.3) is 0 Å². The third-order valence-corrected chi connectivity index (χ3v) is 14.3. The van der Waals surface area contributed by atoms with E-state index in [1.54, 1.807) is 0 Å². The van der Waals surface area contributed by atoms with Crippen LogP contribution in [0.3, 0.4) is 0 Å². The summed E-state index contributed by atoms with van der Waals surface area (Å²) in [4.78, 5) is 30.9. The normalized spacial score (nSPS) is 11.6. The Balaban J connectivity index is 1.25. The van der Waals surface area contributed by atoms with Crippen molar-refractivity contribution in [1.29, 1.82) is 0 Å². The van der Waals surface area contributed by atoms with Gasteiger partial charge in [-0.2, -0.15) is 0 Å². The second-order valence-electron chi connectivity index (χ2n) is 18.8. The highest BCUT2D eigenvalue weighted by Gasteiger charge is 2.30. The molecule has 0 spiro atoms. The van der Waals surface area contributed by atoms with E-state index in [1.807, 2.05) is 179 Å². The quantitative estimate of drug-likeness (QED) is 0.218. The first-order valence-corrected chi connectivity index (χ1v) is 24.7. The van der Waals surface area contributed by atoms with Crippen molar-refractivity contribution in [2.45, 2.75) is 0 Å². The summed E-state index contributed by atoms with van der Waals surface area (Å²) < 4.78 is 3.88. The molecule has 13 aromatic rings. The molecule has 0 aliphatic heterocycles. The van der Waals surface area contributed by atoms with Crippen molar-refractivity contribution in [3.8, 4) is 79.7 Å². The molecule has 0 bridgehead atoms. The van der Waals surface area contributed by atoms with Crippen molar-refractivity contribution < 1.29 is 0 Å². The molecule has 0 N–H and O–H groups in total. The number of para-hydroxylation sites is 1. The molecular weight excluding hydrogens is 941 g/mol. The van der Waals surface area contributed by atoms with Gasteiger partial charge in [0.15, 0.2) is 34.9 Å². The van der Waals surface area contributed by atoms with E-state index in [2.05, 4.69) is 0 Å². The molecule has 8 nitrogen and oxygen atoms in total. The molecule has 18 heteroatoms. The first-order valence-electron chi connectivity index (χ1n) is 24.7. The highest BCUT2D eigenvalue weighted by molar-refractivity contribution is 6.71. The second-order valence-corrected chi connectivity index (χ2v) is 18.8. The standard InChI is InChI=1S/C60H28B10N8/c61-41-39-37-43(63)45(65)47(67)49(69)51(37)77(34-24-14-5-15-25-34)53(39)54-40(42(41)62)38-44(64)46(66)48(68)50(70)52(38)78(54)36-27-26-33(59-73-55(29-16-6-1-7-17-29)71-56(74-59)30-18-8-2-9-19-30)28-35(36)60-75-57(31-20-10-3-11-21-31)72-58(76-60)32-22-12-4-13-23-32/h1-28H. The molecule has 4 aromatic heterocycles. The highest BCUT2D eigenvalue weighted by Crippen LogP contribution is 2.41. The van der Waals surface area contributed by atoms with Gasteiger partial charge in [0, 0.05) is 60.9 Å². The van der Waals surface area contributed by atoms with Crippen LogP contribution in [0.4, 0.5) is 0 Å². The molecule has 0 unspecified atom stereocenters. The van der Waals surface area contributed by atoms with Crippen LogP contribution in [0.1, 0.15) is 0 Å². The molecule has 0 aliphatic rings. The third-order valence-electron chi connectivity index (χ3n) is 14.3. The number of fused-ring (bicyclic) bond motifs is 7. The van der Waals surface area contributed by atoms with Crippen LogP contribution in [0.5, 0.6) is 0 Å². The number of nitrogens with zero attached hydrogens (tertiary/aromatic N) is 8. The van der Waals surface area contributed by atoms with Gasteiger partial charge >= 0.3 is 0 Å². The lowest BCUT2D eigenvalue weighted by Gasteiger charge is -2.20. The first kappa shape index (κ1) is 48.9. The monoisotopic (exact) mass is 970 g/mol. The Morgan fingerprint density at radius 1 is 0.244 bits per heavy atom. The Hall–Kier alpha value is -8.75. The van der Waals surface area contributed by atoms with Gasteiger partial charge < -0.3 is 9.13 Å². The molecule has 13 rings (SSSR count). The second kappa shape index (κ2) is 19.1. The van der Waals surface area contributed by atoms with Gasteiger partial charge in [-0.1, -0.05) is 172 Å². The minimum absolute atomic E-state index is 0.0487. The lowest BCUT2D eigenvalue weighted by Crippen LogP contribution is -2.48. The van der Waals surface area contributed by atoms with E-state index in [0.29, 0.717) is 95.2 Å². The van der Waals surface area contributed by atoms with Crippen molar-refractivity contribution >= 4 is 177 Å². The SMILES string of the molecule is [B]c1c([B])c([B])c2c(c1[B])c1c([B])c([B])c3c4c([B])c([B])c([B])c([B])c4n(-c4ccc(-c5nc(-c6ccccc6)nc(-c6ccccc6)n5)cc4-c4nc(-c5ccccc5)nc(-c5ccccc5)n4)c3c1n2-c1ccccc1. The lowest BCUT2D eigenvalue weighted by atomic mass is 9.64. The summed E-state index contributed by atoms with van der Waals surface area (Å²) >= 11 is 0. The van der Waals surface area contributed by atoms with E-state index in [-0.39, 0.29) is 60.5 Å². The number of aromatic nitrogens is 8. The van der Waals surface area contributed by atoms with Crippen LogP contribution in [0, 0.1) is 0 Å². The lowest BCUT2D eigenvalue weighted by molar-refractivity contribution is 1.06. The molecule has 0 aliphatic carbocycles. The van der Waals surface area contributed by atoms with Crippen molar-refractivity contribution in [2.75, 3.05) is 0 Å².